The summed E-state index contributed by atoms with van der Waals surface area (Å²) in [5.74, 6) is -5.77. The quantitative estimate of drug-likeness (QED) is 0.305. The smallest absolute Gasteiger partial charge is 0.235 e. The third-order valence-corrected chi connectivity index (χ3v) is 4.60. The van der Waals surface area contributed by atoms with E-state index >= 15 is 0 Å². The van der Waals surface area contributed by atoms with Gasteiger partial charge in [0.15, 0.2) is 34.1 Å². The Morgan fingerprint density at radius 2 is 1.69 bits per heavy atom. The zero-order valence-electron chi connectivity index (χ0n) is 13.0. The molecule has 2 aromatic heterocycles. The Hall–Kier alpha value is -3.01. The molecule has 0 unspecified atom stereocenters. The molecule has 0 aliphatic heterocycles. The van der Waals surface area contributed by atoms with Crippen molar-refractivity contribution >= 4 is 16.3 Å². The molecule has 2 heterocycles. The number of methoxy groups -OCH3 is 1. The third-order valence-electron chi connectivity index (χ3n) is 3.67. The molecular weight excluding hydrogens is 372 g/mol. The SMILES string of the molecule is COc1ccc(-c2nnc3sc(-c4cc(F)c(F)c(F)c4F)nn23)cc1. The molecule has 10 heteroatoms. The summed E-state index contributed by atoms with van der Waals surface area (Å²) < 4.78 is 60.5. The number of halogens is 4. The van der Waals surface area contributed by atoms with E-state index in [1.807, 2.05) is 0 Å². The van der Waals surface area contributed by atoms with Gasteiger partial charge in [0.25, 0.3) is 0 Å². The van der Waals surface area contributed by atoms with Crippen molar-refractivity contribution in [2.45, 2.75) is 0 Å². The number of ether oxygens (including phenoxy) is 1. The Bertz CT molecular complexity index is 1120. The van der Waals surface area contributed by atoms with Crippen LogP contribution in [0.25, 0.3) is 26.9 Å². The van der Waals surface area contributed by atoms with Gasteiger partial charge in [0.1, 0.15) is 5.75 Å². The van der Waals surface area contributed by atoms with Crippen molar-refractivity contribution in [3.05, 3.63) is 53.6 Å². The lowest BCUT2D eigenvalue weighted by Crippen LogP contribution is -1.99. The molecule has 0 atom stereocenters. The van der Waals surface area contributed by atoms with E-state index in [-0.39, 0.29) is 9.97 Å². The van der Waals surface area contributed by atoms with Crippen molar-refractivity contribution in [3.8, 4) is 27.7 Å². The van der Waals surface area contributed by atoms with E-state index in [0.717, 1.165) is 11.3 Å². The summed E-state index contributed by atoms with van der Waals surface area (Å²) in [4.78, 5) is 0.287. The first kappa shape index (κ1) is 16.5. The molecule has 0 saturated heterocycles. The molecule has 0 bridgehead atoms. The largest absolute Gasteiger partial charge is 0.497 e. The van der Waals surface area contributed by atoms with Crippen molar-refractivity contribution < 1.29 is 22.3 Å². The van der Waals surface area contributed by atoms with Crippen LogP contribution in [0, 0.1) is 23.3 Å². The third kappa shape index (κ3) is 2.49. The highest BCUT2D eigenvalue weighted by Gasteiger charge is 2.23. The highest BCUT2D eigenvalue weighted by atomic mass is 32.1. The standard InChI is InChI=1S/C16H8F4N4OS/c1-25-8-4-2-7(3-5-8)14-21-22-16-24(14)23-15(26-16)9-6-10(17)12(19)13(20)11(9)18/h2-6H,1H3. The van der Waals surface area contributed by atoms with Crippen molar-refractivity contribution in [1.82, 2.24) is 19.8 Å². The first-order chi connectivity index (χ1) is 12.5. The monoisotopic (exact) mass is 380 g/mol. The Morgan fingerprint density at radius 3 is 2.38 bits per heavy atom. The molecule has 2 aromatic carbocycles. The van der Waals surface area contributed by atoms with Gasteiger partial charge in [-0.1, -0.05) is 11.3 Å². The van der Waals surface area contributed by atoms with Crippen molar-refractivity contribution in [1.29, 1.82) is 0 Å². The molecular formula is C16H8F4N4OS. The second kappa shape index (κ2) is 6.06. The molecule has 0 spiro atoms. The Kier molecular flexibility index (Phi) is 3.83. The van der Waals surface area contributed by atoms with Crippen LogP contribution in [0.1, 0.15) is 0 Å². The average molecular weight is 380 g/mol. The molecule has 4 aromatic rings. The van der Waals surface area contributed by atoms with Gasteiger partial charge >= 0.3 is 0 Å². The summed E-state index contributed by atoms with van der Waals surface area (Å²) in [6.45, 7) is 0. The van der Waals surface area contributed by atoms with Gasteiger partial charge in [-0.15, -0.1) is 10.2 Å². The van der Waals surface area contributed by atoms with E-state index in [2.05, 4.69) is 15.3 Å². The minimum Gasteiger partial charge on any atom is -0.497 e. The first-order valence-electron chi connectivity index (χ1n) is 7.19. The number of hydrogen-bond acceptors (Lipinski definition) is 5. The van der Waals surface area contributed by atoms with Gasteiger partial charge in [0.2, 0.25) is 4.96 Å². The maximum atomic E-state index is 14.0. The summed E-state index contributed by atoms with van der Waals surface area (Å²) in [6, 6.07) is 7.45. The van der Waals surface area contributed by atoms with E-state index in [1.165, 1.54) is 11.6 Å². The van der Waals surface area contributed by atoms with E-state index in [4.69, 9.17) is 4.74 Å². The van der Waals surface area contributed by atoms with Gasteiger partial charge in [-0.2, -0.15) is 9.61 Å². The van der Waals surface area contributed by atoms with Crippen LogP contribution in [0.4, 0.5) is 17.6 Å². The summed E-state index contributed by atoms with van der Waals surface area (Å²) in [5.41, 5.74) is 0.171. The Balaban J connectivity index is 1.84. The van der Waals surface area contributed by atoms with Crippen LogP contribution in [-0.2, 0) is 0 Å². The average Bonchev–Trinajstić information content (AvgIpc) is 3.23. The number of rotatable bonds is 3. The number of benzene rings is 2. The predicted molar refractivity (Wildman–Crippen MR) is 85.9 cm³/mol. The zero-order valence-corrected chi connectivity index (χ0v) is 13.8. The number of aromatic nitrogens is 4. The van der Waals surface area contributed by atoms with Gasteiger partial charge in [-0.25, -0.2) is 17.6 Å². The molecule has 0 aliphatic carbocycles. The zero-order chi connectivity index (χ0) is 18.4. The lowest BCUT2D eigenvalue weighted by molar-refractivity contribution is 0.410. The summed E-state index contributed by atoms with van der Waals surface area (Å²) in [6.07, 6.45) is 0. The predicted octanol–water partition coefficient (Wildman–Crippen LogP) is 4.08. The summed E-state index contributed by atoms with van der Waals surface area (Å²) in [5, 5.41) is 12.0. The van der Waals surface area contributed by atoms with Gasteiger partial charge in [-0.05, 0) is 30.3 Å². The second-order valence-corrected chi connectivity index (χ2v) is 6.16. The maximum absolute atomic E-state index is 14.0. The lowest BCUT2D eigenvalue weighted by atomic mass is 10.2. The summed E-state index contributed by atoms with van der Waals surface area (Å²) >= 11 is 0.869. The minimum absolute atomic E-state index is 0.0556. The maximum Gasteiger partial charge on any atom is 0.235 e. The van der Waals surface area contributed by atoms with E-state index in [1.54, 1.807) is 24.3 Å². The highest BCUT2D eigenvalue weighted by molar-refractivity contribution is 7.19. The second-order valence-electron chi connectivity index (χ2n) is 5.20. The molecule has 0 N–H and O–H groups in total. The molecule has 5 nitrogen and oxygen atoms in total. The first-order valence-corrected chi connectivity index (χ1v) is 8.01. The Labute approximate surface area is 147 Å². The highest BCUT2D eigenvalue weighted by Crippen LogP contribution is 2.32. The number of hydrogen-bond donors (Lipinski definition) is 0. The van der Waals surface area contributed by atoms with Crippen LogP contribution in [-0.4, -0.2) is 26.9 Å². The molecule has 0 amide bonds. The number of fused-ring (bicyclic) bond motifs is 1. The van der Waals surface area contributed by atoms with Crippen LogP contribution >= 0.6 is 11.3 Å². The van der Waals surface area contributed by atoms with Crippen molar-refractivity contribution in [2.24, 2.45) is 0 Å². The van der Waals surface area contributed by atoms with Gasteiger partial charge in [-0.3, -0.25) is 0 Å². The molecule has 132 valence electrons. The number of nitrogens with zero attached hydrogens (tertiary/aromatic N) is 4. The topological polar surface area (TPSA) is 52.3 Å². The van der Waals surface area contributed by atoms with Crippen molar-refractivity contribution in [3.63, 3.8) is 0 Å². The van der Waals surface area contributed by atoms with E-state index in [9.17, 15) is 17.6 Å². The molecule has 0 fully saturated rings. The fraction of sp³-hybridized carbons (Fsp3) is 0.0625. The van der Waals surface area contributed by atoms with Crippen LogP contribution in [0.15, 0.2) is 30.3 Å². The van der Waals surface area contributed by atoms with Crippen LogP contribution in [0.2, 0.25) is 0 Å². The molecule has 26 heavy (non-hydrogen) atoms. The molecule has 0 radical (unpaired) electrons. The Morgan fingerprint density at radius 1 is 0.962 bits per heavy atom. The van der Waals surface area contributed by atoms with Gasteiger partial charge in [0.05, 0.1) is 12.7 Å². The van der Waals surface area contributed by atoms with Gasteiger partial charge in [0, 0.05) is 5.56 Å². The minimum atomic E-state index is -1.89. The van der Waals surface area contributed by atoms with E-state index < -0.39 is 28.8 Å². The fourth-order valence-electron chi connectivity index (χ4n) is 2.37. The van der Waals surface area contributed by atoms with Crippen LogP contribution in [0.3, 0.4) is 0 Å². The lowest BCUT2D eigenvalue weighted by Gasteiger charge is -2.02. The van der Waals surface area contributed by atoms with Gasteiger partial charge < -0.3 is 4.74 Å². The normalized spacial score (nSPS) is 11.3. The van der Waals surface area contributed by atoms with Crippen LogP contribution in [0.5, 0.6) is 5.75 Å². The molecule has 4 rings (SSSR count). The summed E-state index contributed by atoms with van der Waals surface area (Å²) in [7, 11) is 1.53. The van der Waals surface area contributed by atoms with E-state index in [0.29, 0.717) is 23.2 Å². The molecule has 0 saturated carbocycles. The molecule has 0 aliphatic rings. The van der Waals surface area contributed by atoms with Crippen LogP contribution < -0.4 is 4.74 Å². The fourth-order valence-corrected chi connectivity index (χ4v) is 3.22. The van der Waals surface area contributed by atoms with Crippen molar-refractivity contribution in [2.75, 3.05) is 7.11 Å².